The molecule has 8 nitrogen and oxygen atoms in total. The standard InChI is InChI=1S/C20H21N7OS2/c1-13-9-18(27-20(25-13)23-12-24-27)21-7-8-22-19(28)15-3-5-17(6-4-15)30-11-16-10-29-14(2)26-16/h3-6,9-10,12,21H,7-8,11H2,1-2H3,(H,22,28). The lowest BCUT2D eigenvalue weighted by atomic mass is 10.2. The molecule has 0 saturated carbocycles. The number of aryl methyl sites for hydroxylation is 2. The smallest absolute Gasteiger partial charge is 0.254 e. The first-order valence-electron chi connectivity index (χ1n) is 9.42. The average Bonchev–Trinajstić information content (AvgIpc) is 3.38. The summed E-state index contributed by atoms with van der Waals surface area (Å²) in [5, 5.41) is 13.5. The van der Waals surface area contributed by atoms with Crippen LogP contribution in [0.5, 0.6) is 0 Å². The fourth-order valence-electron chi connectivity index (χ4n) is 2.86. The van der Waals surface area contributed by atoms with Crippen LogP contribution < -0.4 is 10.6 Å². The molecule has 4 rings (SSSR count). The summed E-state index contributed by atoms with van der Waals surface area (Å²) in [6.07, 6.45) is 1.47. The topological polar surface area (TPSA) is 97.1 Å². The van der Waals surface area contributed by atoms with Crippen molar-refractivity contribution < 1.29 is 4.79 Å². The summed E-state index contributed by atoms with van der Waals surface area (Å²) in [5.74, 6) is 2.07. The molecule has 0 bridgehead atoms. The van der Waals surface area contributed by atoms with E-state index in [1.807, 2.05) is 44.2 Å². The van der Waals surface area contributed by atoms with Crippen LogP contribution in [0.3, 0.4) is 0 Å². The van der Waals surface area contributed by atoms with Crippen molar-refractivity contribution in [1.82, 2.24) is 29.9 Å². The molecule has 0 aliphatic rings. The monoisotopic (exact) mass is 439 g/mol. The number of nitrogens with one attached hydrogen (secondary N) is 2. The lowest BCUT2D eigenvalue weighted by Gasteiger charge is -2.10. The summed E-state index contributed by atoms with van der Waals surface area (Å²) >= 11 is 3.37. The van der Waals surface area contributed by atoms with Crippen molar-refractivity contribution in [3.63, 3.8) is 0 Å². The lowest BCUT2D eigenvalue weighted by Crippen LogP contribution is -2.29. The first-order valence-corrected chi connectivity index (χ1v) is 11.3. The molecule has 3 aromatic heterocycles. The molecule has 10 heteroatoms. The van der Waals surface area contributed by atoms with Crippen LogP contribution in [0, 0.1) is 13.8 Å². The predicted molar refractivity (Wildman–Crippen MR) is 119 cm³/mol. The van der Waals surface area contributed by atoms with Gasteiger partial charge in [0.2, 0.25) is 0 Å². The van der Waals surface area contributed by atoms with E-state index >= 15 is 0 Å². The van der Waals surface area contributed by atoms with E-state index in [-0.39, 0.29) is 5.91 Å². The third kappa shape index (κ3) is 4.95. The molecular weight excluding hydrogens is 418 g/mol. The highest BCUT2D eigenvalue weighted by molar-refractivity contribution is 7.98. The number of anilines is 1. The lowest BCUT2D eigenvalue weighted by molar-refractivity contribution is 0.0955. The molecule has 2 N–H and O–H groups in total. The third-order valence-corrected chi connectivity index (χ3v) is 6.13. The second-order valence-corrected chi connectivity index (χ2v) is 8.72. The molecule has 0 spiro atoms. The number of hydrogen-bond donors (Lipinski definition) is 2. The number of amides is 1. The van der Waals surface area contributed by atoms with Gasteiger partial charge in [0, 0.05) is 46.4 Å². The van der Waals surface area contributed by atoms with Crippen LogP contribution >= 0.6 is 23.1 Å². The summed E-state index contributed by atoms with van der Waals surface area (Å²) in [6, 6.07) is 9.54. The van der Waals surface area contributed by atoms with Crippen LogP contribution in [0.25, 0.3) is 5.78 Å². The molecule has 1 aromatic carbocycles. The van der Waals surface area contributed by atoms with Crippen molar-refractivity contribution in [3.8, 4) is 0 Å². The molecule has 30 heavy (non-hydrogen) atoms. The van der Waals surface area contributed by atoms with Crippen LogP contribution in [-0.4, -0.2) is 43.6 Å². The van der Waals surface area contributed by atoms with Gasteiger partial charge in [-0.05, 0) is 38.1 Å². The van der Waals surface area contributed by atoms with E-state index in [1.54, 1.807) is 27.6 Å². The number of fused-ring (bicyclic) bond motifs is 1. The minimum Gasteiger partial charge on any atom is -0.368 e. The molecule has 0 fully saturated rings. The Hall–Kier alpha value is -2.98. The Morgan fingerprint density at radius 1 is 1.17 bits per heavy atom. The zero-order chi connectivity index (χ0) is 20.9. The molecule has 0 atom stereocenters. The zero-order valence-corrected chi connectivity index (χ0v) is 18.3. The molecule has 154 valence electrons. The van der Waals surface area contributed by atoms with Gasteiger partial charge in [-0.3, -0.25) is 4.79 Å². The highest BCUT2D eigenvalue weighted by atomic mass is 32.2. The average molecular weight is 440 g/mol. The van der Waals surface area contributed by atoms with E-state index in [0.29, 0.717) is 24.4 Å². The molecule has 0 unspecified atom stereocenters. The van der Waals surface area contributed by atoms with Crippen molar-refractivity contribution in [2.45, 2.75) is 24.5 Å². The second kappa shape index (κ2) is 9.23. The maximum atomic E-state index is 12.4. The van der Waals surface area contributed by atoms with E-state index in [2.05, 4.69) is 36.1 Å². The first-order chi connectivity index (χ1) is 14.6. The number of thiazole rings is 1. The van der Waals surface area contributed by atoms with Gasteiger partial charge in [-0.1, -0.05) is 0 Å². The number of aromatic nitrogens is 5. The summed E-state index contributed by atoms with van der Waals surface area (Å²) in [4.78, 5) is 26.4. The first kappa shape index (κ1) is 20.3. The van der Waals surface area contributed by atoms with Crippen LogP contribution in [-0.2, 0) is 5.75 Å². The second-order valence-electron chi connectivity index (χ2n) is 6.61. The SMILES string of the molecule is Cc1cc(NCCNC(=O)c2ccc(SCc3csc(C)n3)cc2)n2ncnc2n1. The number of carbonyl (C=O) groups excluding carboxylic acids is 1. The van der Waals surface area contributed by atoms with Crippen molar-refractivity contribution in [1.29, 1.82) is 0 Å². The Bertz CT molecular complexity index is 1150. The maximum Gasteiger partial charge on any atom is 0.254 e. The van der Waals surface area contributed by atoms with Crippen molar-refractivity contribution >= 4 is 40.6 Å². The summed E-state index contributed by atoms with van der Waals surface area (Å²) in [6.45, 7) is 4.96. The molecule has 0 saturated heterocycles. The number of benzene rings is 1. The molecular formula is C20H21N7OS2. The Labute approximate surface area is 182 Å². The zero-order valence-electron chi connectivity index (χ0n) is 16.6. The predicted octanol–water partition coefficient (Wildman–Crippen LogP) is 3.33. The molecule has 0 radical (unpaired) electrons. The van der Waals surface area contributed by atoms with Crippen LogP contribution in [0.1, 0.15) is 26.8 Å². The number of rotatable bonds is 8. The number of thioether (sulfide) groups is 1. The van der Waals surface area contributed by atoms with Gasteiger partial charge in [-0.2, -0.15) is 14.6 Å². The van der Waals surface area contributed by atoms with Gasteiger partial charge in [0.25, 0.3) is 11.7 Å². The van der Waals surface area contributed by atoms with Crippen LogP contribution in [0.4, 0.5) is 5.82 Å². The molecule has 4 aromatic rings. The normalized spacial score (nSPS) is 11.0. The number of nitrogens with zero attached hydrogens (tertiary/aromatic N) is 5. The molecule has 0 aliphatic heterocycles. The van der Waals surface area contributed by atoms with E-state index < -0.39 is 0 Å². The van der Waals surface area contributed by atoms with Gasteiger partial charge in [0.1, 0.15) is 12.1 Å². The maximum absolute atomic E-state index is 12.4. The van der Waals surface area contributed by atoms with Gasteiger partial charge >= 0.3 is 0 Å². The largest absolute Gasteiger partial charge is 0.368 e. The van der Waals surface area contributed by atoms with E-state index in [1.165, 1.54) is 6.33 Å². The van der Waals surface area contributed by atoms with Gasteiger partial charge in [-0.25, -0.2) is 9.97 Å². The minimum atomic E-state index is -0.0970. The summed E-state index contributed by atoms with van der Waals surface area (Å²) in [7, 11) is 0. The third-order valence-electron chi connectivity index (χ3n) is 4.27. The fraction of sp³-hybridized carbons (Fsp3) is 0.250. The van der Waals surface area contributed by atoms with Gasteiger partial charge in [-0.15, -0.1) is 23.1 Å². The Balaban J connectivity index is 1.25. The van der Waals surface area contributed by atoms with Gasteiger partial charge < -0.3 is 10.6 Å². The summed E-state index contributed by atoms with van der Waals surface area (Å²) < 4.78 is 1.64. The van der Waals surface area contributed by atoms with Gasteiger partial charge in [0.05, 0.1) is 10.7 Å². The van der Waals surface area contributed by atoms with E-state index in [4.69, 9.17) is 0 Å². The Morgan fingerprint density at radius 2 is 2.00 bits per heavy atom. The number of carbonyl (C=O) groups is 1. The minimum absolute atomic E-state index is 0.0970. The van der Waals surface area contributed by atoms with Crippen LogP contribution in [0.2, 0.25) is 0 Å². The summed E-state index contributed by atoms with van der Waals surface area (Å²) in [5.41, 5.74) is 2.58. The molecule has 1 amide bonds. The highest BCUT2D eigenvalue weighted by Crippen LogP contribution is 2.23. The van der Waals surface area contributed by atoms with Crippen LogP contribution in [0.15, 0.2) is 46.9 Å². The van der Waals surface area contributed by atoms with E-state index in [0.717, 1.165) is 32.9 Å². The van der Waals surface area contributed by atoms with Gasteiger partial charge in [0.15, 0.2) is 0 Å². The quantitative estimate of drug-likeness (QED) is 0.321. The highest BCUT2D eigenvalue weighted by Gasteiger charge is 2.07. The van der Waals surface area contributed by atoms with Crippen molar-refractivity contribution in [2.24, 2.45) is 0 Å². The molecule has 3 heterocycles. The Morgan fingerprint density at radius 3 is 2.77 bits per heavy atom. The van der Waals surface area contributed by atoms with Crippen molar-refractivity contribution in [2.75, 3.05) is 18.4 Å². The number of hydrogen-bond acceptors (Lipinski definition) is 8. The fourth-order valence-corrected chi connectivity index (χ4v) is 4.37. The van der Waals surface area contributed by atoms with Crippen molar-refractivity contribution in [3.05, 3.63) is 64.0 Å². The Kier molecular flexibility index (Phi) is 6.24. The molecule has 0 aliphatic carbocycles. The van der Waals surface area contributed by atoms with E-state index in [9.17, 15) is 4.79 Å².